The van der Waals surface area contributed by atoms with Crippen LogP contribution in [0.5, 0.6) is 11.5 Å². The van der Waals surface area contributed by atoms with Crippen molar-refractivity contribution in [2.45, 2.75) is 62.7 Å². The molecule has 5 aliphatic rings. The number of anilines is 1. The fourth-order valence-corrected chi connectivity index (χ4v) is 8.22. The molecule has 0 unspecified atom stereocenters. The minimum absolute atomic E-state index is 0. The van der Waals surface area contributed by atoms with E-state index in [-0.39, 0.29) is 37.0 Å². The number of ether oxygens (including phenoxy) is 1. The fraction of sp³-hybridized carbons (Fsp3) is 0.448. The normalized spacial score (nSPS) is 31.0. The third-order valence-electron chi connectivity index (χ3n) is 9.38. The van der Waals surface area contributed by atoms with Gasteiger partial charge in [0.2, 0.25) is 0 Å². The minimum Gasteiger partial charge on any atom is -0.508 e. The van der Waals surface area contributed by atoms with Crippen LogP contribution in [-0.2, 0) is 16.6 Å². The molecule has 1 aromatic heterocycles. The predicted octanol–water partition coefficient (Wildman–Crippen LogP) is 4.26. The molecule has 1 amide bonds. The van der Waals surface area contributed by atoms with Crippen LogP contribution in [0.3, 0.4) is 0 Å². The highest BCUT2D eigenvalue weighted by Crippen LogP contribution is 2.66. The maximum atomic E-state index is 13.6. The number of phenols is 1. The van der Waals surface area contributed by atoms with Gasteiger partial charge >= 0.3 is 0 Å². The maximum Gasteiger partial charge on any atom is 0.255 e. The molecule has 3 aliphatic carbocycles. The fourth-order valence-electron chi connectivity index (χ4n) is 7.51. The van der Waals surface area contributed by atoms with Crippen molar-refractivity contribution in [2.75, 3.05) is 18.4 Å². The lowest BCUT2D eigenvalue weighted by Gasteiger charge is -2.62. The van der Waals surface area contributed by atoms with Gasteiger partial charge in [-0.2, -0.15) is 0 Å². The molecule has 1 spiro atoms. The molecular formula is C29H31N3O5S. The summed E-state index contributed by atoms with van der Waals surface area (Å²) in [4.78, 5) is 20.3. The number of carbonyl (C=O) groups is 1. The zero-order valence-corrected chi connectivity index (χ0v) is 20.9. The number of phenolic OH excluding ortho intramolecular Hbond substituents is 1. The molecule has 0 radical (unpaired) electrons. The van der Waals surface area contributed by atoms with E-state index in [1.165, 1.54) is 24.2 Å². The van der Waals surface area contributed by atoms with Gasteiger partial charge in [-0.3, -0.25) is 9.69 Å². The number of carbonyl (C=O) groups excluding carboxylic acids is 1. The first-order valence-corrected chi connectivity index (χ1v) is 13.8. The van der Waals surface area contributed by atoms with E-state index in [2.05, 4.69) is 15.2 Å². The molecule has 38 heavy (non-hydrogen) atoms. The Morgan fingerprint density at radius 3 is 2.89 bits per heavy atom. The van der Waals surface area contributed by atoms with Crippen molar-refractivity contribution in [2.24, 2.45) is 5.92 Å². The zero-order chi connectivity index (χ0) is 25.1. The van der Waals surface area contributed by atoms with Crippen LogP contribution in [0.25, 0.3) is 10.2 Å². The molecule has 1 saturated heterocycles. The van der Waals surface area contributed by atoms with Crippen LogP contribution in [0.1, 0.15) is 44.2 Å². The summed E-state index contributed by atoms with van der Waals surface area (Å²) in [7, 11) is 0. The number of nitrogens with one attached hydrogen (secondary N) is 1. The van der Waals surface area contributed by atoms with E-state index >= 15 is 0 Å². The molecule has 2 aromatic carbocycles. The number of fused-ring (bicyclic) bond motifs is 1. The molecule has 9 heteroatoms. The van der Waals surface area contributed by atoms with E-state index in [0.717, 1.165) is 34.4 Å². The van der Waals surface area contributed by atoms with Crippen molar-refractivity contribution in [3.8, 4) is 11.5 Å². The second-order valence-corrected chi connectivity index (χ2v) is 12.2. The number of aromatic nitrogens is 1. The first kappa shape index (κ1) is 23.9. The van der Waals surface area contributed by atoms with Gasteiger partial charge in [0, 0.05) is 30.3 Å². The van der Waals surface area contributed by atoms with E-state index in [1.807, 2.05) is 18.2 Å². The second-order valence-electron chi connectivity index (χ2n) is 11.3. The molecule has 4 atom stereocenters. The monoisotopic (exact) mass is 533 g/mol. The quantitative estimate of drug-likeness (QED) is 0.396. The Labute approximate surface area is 224 Å². The Morgan fingerprint density at radius 1 is 1.24 bits per heavy atom. The third-order valence-corrected chi connectivity index (χ3v) is 10.2. The SMILES string of the molecule is C.O=C(Nc1ccc2ncsc2c1)C1=C(O)[C@@H]2Oc3c(O)ccc4c3[C@@]23CCN(CC2CC2)[C@H](C4)[C@]3(O)C1. The Bertz CT molecular complexity index is 1530. The lowest BCUT2D eigenvalue weighted by atomic mass is 9.49. The van der Waals surface area contributed by atoms with Gasteiger partial charge in [-0.05, 0) is 68.0 Å². The highest BCUT2D eigenvalue weighted by Gasteiger charge is 2.73. The average molecular weight is 534 g/mol. The van der Waals surface area contributed by atoms with E-state index in [4.69, 9.17) is 4.74 Å². The first-order chi connectivity index (χ1) is 17.9. The minimum atomic E-state index is -1.32. The van der Waals surface area contributed by atoms with Gasteiger partial charge in [-0.15, -0.1) is 11.3 Å². The third kappa shape index (κ3) is 2.98. The van der Waals surface area contributed by atoms with Crippen molar-refractivity contribution < 1.29 is 24.9 Å². The van der Waals surface area contributed by atoms with E-state index in [9.17, 15) is 20.1 Å². The smallest absolute Gasteiger partial charge is 0.255 e. The van der Waals surface area contributed by atoms with E-state index in [1.54, 1.807) is 17.6 Å². The van der Waals surface area contributed by atoms with Crippen LogP contribution in [0.2, 0.25) is 0 Å². The number of hydrogen-bond acceptors (Lipinski definition) is 8. The van der Waals surface area contributed by atoms with E-state index in [0.29, 0.717) is 30.2 Å². The number of benzene rings is 2. The Morgan fingerprint density at radius 2 is 2.08 bits per heavy atom. The zero-order valence-electron chi connectivity index (χ0n) is 20.1. The molecule has 1 saturated carbocycles. The number of aliphatic hydroxyl groups is 2. The van der Waals surface area contributed by atoms with Crippen molar-refractivity contribution in [3.63, 3.8) is 0 Å². The van der Waals surface area contributed by atoms with Crippen LogP contribution in [0.4, 0.5) is 5.69 Å². The largest absolute Gasteiger partial charge is 0.508 e. The summed E-state index contributed by atoms with van der Waals surface area (Å²) in [5.41, 5.74) is 2.98. The van der Waals surface area contributed by atoms with Crippen molar-refractivity contribution >= 4 is 33.1 Å². The van der Waals surface area contributed by atoms with Crippen LogP contribution >= 0.6 is 11.3 Å². The lowest BCUT2D eigenvalue weighted by Crippen LogP contribution is -2.75. The van der Waals surface area contributed by atoms with Crippen LogP contribution < -0.4 is 10.1 Å². The standard InChI is InChI=1S/C28H27N3O5S.CH4/c32-19-6-3-15-9-21-28(35)11-17(26(34)30-16-4-5-18-20(10-16)37-13-29-18)23(33)25-27(28,22(15)24(19)36-25)7-8-31(21)12-14-1-2-14;/h3-6,10,13-14,21,25,32-33,35H,1-2,7-9,11-12H2,(H,30,34);1H4/t21-,25+,27+,28-;/m1./s1. The highest BCUT2D eigenvalue weighted by molar-refractivity contribution is 7.16. The number of piperidine rings is 1. The number of amides is 1. The van der Waals surface area contributed by atoms with Crippen LogP contribution in [0.15, 0.2) is 47.2 Å². The van der Waals surface area contributed by atoms with Gasteiger partial charge in [0.05, 0.1) is 32.3 Å². The number of aromatic hydroxyl groups is 1. The number of aliphatic hydroxyl groups excluding tert-OH is 1. The second kappa shape index (κ2) is 7.94. The topological polar surface area (TPSA) is 115 Å². The molecule has 3 aromatic rings. The molecule has 2 bridgehead atoms. The van der Waals surface area contributed by atoms with E-state index < -0.39 is 23.0 Å². The van der Waals surface area contributed by atoms with Crippen molar-refractivity contribution in [1.29, 1.82) is 0 Å². The summed E-state index contributed by atoms with van der Waals surface area (Å²) >= 11 is 1.49. The molecule has 3 heterocycles. The van der Waals surface area contributed by atoms with Crippen LogP contribution in [0, 0.1) is 5.92 Å². The van der Waals surface area contributed by atoms with Crippen LogP contribution in [-0.4, -0.2) is 61.9 Å². The van der Waals surface area contributed by atoms with Gasteiger partial charge in [0.1, 0.15) is 5.76 Å². The highest BCUT2D eigenvalue weighted by atomic mass is 32.1. The average Bonchev–Trinajstić information content (AvgIpc) is 3.43. The summed E-state index contributed by atoms with van der Waals surface area (Å²) in [6, 6.07) is 8.85. The number of hydrogen-bond donors (Lipinski definition) is 4. The molecule has 8 rings (SSSR count). The van der Waals surface area contributed by atoms with Gasteiger partial charge in [-0.25, -0.2) is 4.98 Å². The van der Waals surface area contributed by atoms with Gasteiger partial charge < -0.3 is 25.4 Å². The predicted molar refractivity (Wildman–Crippen MR) is 145 cm³/mol. The molecule has 198 valence electrons. The Kier molecular flexibility index (Phi) is 5.00. The summed E-state index contributed by atoms with van der Waals surface area (Å²) in [6.45, 7) is 1.71. The van der Waals surface area contributed by atoms with Gasteiger partial charge in [-0.1, -0.05) is 13.5 Å². The summed E-state index contributed by atoms with van der Waals surface area (Å²) in [5.74, 6) is 0.381. The summed E-state index contributed by atoms with van der Waals surface area (Å²) in [6.07, 6.45) is 2.72. The summed E-state index contributed by atoms with van der Waals surface area (Å²) in [5, 5.41) is 37.9. The molecule has 4 N–H and O–H groups in total. The Hall–Kier alpha value is -3.14. The van der Waals surface area contributed by atoms with Crippen molar-refractivity contribution in [1.82, 2.24) is 9.88 Å². The number of likely N-dealkylation sites (tertiary alicyclic amines) is 1. The number of thiazole rings is 1. The lowest BCUT2D eigenvalue weighted by molar-refractivity contribution is -0.172. The first-order valence-electron chi connectivity index (χ1n) is 12.9. The van der Waals surface area contributed by atoms with Gasteiger partial charge in [0.15, 0.2) is 17.6 Å². The Balaban J connectivity index is 0.00000242. The molecule has 2 fully saturated rings. The van der Waals surface area contributed by atoms with Gasteiger partial charge in [0.25, 0.3) is 5.91 Å². The molecule has 2 aliphatic heterocycles. The van der Waals surface area contributed by atoms with Crippen molar-refractivity contribution in [3.05, 3.63) is 58.3 Å². The number of rotatable bonds is 4. The summed E-state index contributed by atoms with van der Waals surface area (Å²) < 4.78 is 7.22. The maximum absolute atomic E-state index is 13.6. The molecule has 8 nitrogen and oxygen atoms in total. The molecular weight excluding hydrogens is 502 g/mol. The number of nitrogens with zero attached hydrogens (tertiary/aromatic N) is 2.